The summed E-state index contributed by atoms with van der Waals surface area (Å²) < 4.78 is 0. The van der Waals surface area contributed by atoms with E-state index < -0.39 is 0 Å². The molecule has 1 nitrogen and oxygen atoms in total. The van der Waals surface area contributed by atoms with Crippen LogP contribution in [0.25, 0.3) is 6.08 Å². The van der Waals surface area contributed by atoms with Crippen LogP contribution in [0, 0.1) is 0 Å². The Balaban J connectivity index is 2.00. The third-order valence-electron chi connectivity index (χ3n) is 3.23. The second-order valence-electron chi connectivity index (χ2n) is 4.49. The van der Waals surface area contributed by atoms with Gasteiger partial charge in [-0.3, -0.25) is 4.79 Å². The van der Waals surface area contributed by atoms with Gasteiger partial charge in [0.25, 0.3) is 0 Å². The van der Waals surface area contributed by atoms with Crippen molar-refractivity contribution < 1.29 is 4.79 Å². The Morgan fingerprint density at radius 2 is 1.74 bits per heavy atom. The molecule has 0 unspecified atom stereocenters. The zero-order chi connectivity index (χ0) is 13.4. The number of ketones is 1. The third kappa shape index (κ3) is 2.32. The van der Waals surface area contributed by atoms with Gasteiger partial charge < -0.3 is 0 Å². The van der Waals surface area contributed by atoms with Gasteiger partial charge in [-0.2, -0.15) is 0 Å². The fourth-order valence-electron chi connectivity index (χ4n) is 2.27. The number of halogens is 2. The molecule has 0 amide bonds. The quantitative estimate of drug-likeness (QED) is 0.688. The Labute approximate surface area is 121 Å². The van der Waals surface area contributed by atoms with Crippen molar-refractivity contribution in [1.82, 2.24) is 0 Å². The first-order valence-corrected chi connectivity index (χ1v) is 6.69. The fraction of sp³-hybridized carbons (Fsp3) is 0.0625. The molecule has 0 saturated heterocycles. The molecule has 0 atom stereocenters. The lowest BCUT2D eigenvalue weighted by atomic mass is 10.1. The van der Waals surface area contributed by atoms with Crippen LogP contribution in [0.1, 0.15) is 21.5 Å². The number of fused-ring (bicyclic) bond motifs is 1. The number of hydrogen-bond donors (Lipinski definition) is 0. The zero-order valence-corrected chi connectivity index (χ0v) is 11.5. The van der Waals surface area contributed by atoms with Crippen molar-refractivity contribution in [3.05, 3.63) is 74.8 Å². The number of rotatable bonds is 1. The second kappa shape index (κ2) is 4.84. The first-order valence-electron chi connectivity index (χ1n) is 5.93. The summed E-state index contributed by atoms with van der Waals surface area (Å²) in [5.74, 6) is 0.0625. The van der Waals surface area contributed by atoms with Gasteiger partial charge in [0.15, 0.2) is 5.78 Å². The average molecular weight is 289 g/mol. The number of carbonyl (C=O) groups excluding carboxylic acids is 1. The van der Waals surface area contributed by atoms with Gasteiger partial charge in [0.2, 0.25) is 0 Å². The molecule has 1 aliphatic carbocycles. The van der Waals surface area contributed by atoms with Crippen LogP contribution in [0.2, 0.25) is 10.0 Å². The van der Waals surface area contributed by atoms with E-state index in [0.29, 0.717) is 22.0 Å². The molecule has 0 aromatic heterocycles. The van der Waals surface area contributed by atoms with Crippen molar-refractivity contribution in [3.63, 3.8) is 0 Å². The van der Waals surface area contributed by atoms with E-state index in [1.165, 1.54) is 0 Å². The van der Waals surface area contributed by atoms with E-state index in [0.717, 1.165) is 16.7 Å². The van der Waals surface area contributed by atoms with Crippen LogP contribution in [-0.4, -0.2) is 5.78 Å². The number of hydrogen-bond acceptors (Lipinski definition) is 1. The normalized spacial score (nSPS) is 15.9. The maximum absolute atomic E-state index is 12.3. The predicted octanol–water partition coefficient (Wildman–Crippen LogP) is 4.82. The molecule has 0 saturated carbocycles. The van der Waals surface area contributed by atoms with Crippen LogP contribution in [0.15, 0.2) is 48.0 Å². The maximum atomic E-state index is 12.3. The summed E-state index contributed by atoms with van der Waals surface area (Å²) in [6.45, 7) is 0. The first-order chi connectivity index (χ1) is 9.15. The highest BCUT2D eigenvalue weighted by atomic mass is 35.5. The minimum Gasteiger partial charge on any atom is -0.289 e. The zero-order valence-electron chi connectivity index (χ0n) is 9.99. The molecule has 2 aromatic carbocycles. The van der Waals surface area contributed by atoms with Crippen LogP contribution in [0.5, 0.6) is 0 Å². The van der Waals surface area contributed by atoms with Gasteiger partial charge in [-0.05, 0) is 35.4 Å². The molecule has 0 bridgehead atoms. The third-order valence-corrected chi connectivity index (χ3v) is 3.84. The topological polar surface area (TPSA) is 17.1 Å². The summed E-state index contributed by atoms with van der Waals surface area (Å²) >= 11 is 12.0. The summed E-state index contributed by atoms with van der Waals surface area (Å²) in [6.07, 6.45) is 2.49. The van der Waals surface area contributed by atoms with Crippen LogP contribution in [0.4, 0.5) is 0 Å². The van der Waals surface area contributed by atoms with E-state index in [9.17, 15) is 4.79 Å². The second-order valence-corrected chi connectivity index (χ2v) is 5.34. The van der Waals surface area contributed by atoms with Gasteiger partial charge in [-0.15, -0.1) is 0 Å². The van der Waals surface area contributed by atoms with Crippen molar-refractivity contribution in [3.8, 4) is 0 Å². The minimum atomic E-state index is 0.0625. The Hall–Kier alpha value is -1.57. The van der Waals surface area contributed by atoms with Crippen LogP contribution >= 0.6 is 23.2 Å². The summed E-state index contributed by atoms with van der Waals surface area (Å²) in [5.41, 5.74) is 3.38. The van der Waals surface area contributed by atoms with Crippen molar-refractivity contribution >= 4 is 35.1 Å². The van der Waals surface area contributed by atoms with Gasteiger partial charge in [0.05, 0.1) is 0 Å². The van der Waals surface area contributed by atoms with Crippen molar-refractivity contribution in [2.75, 3.05) is 0 Å². The number of carbonyl (C=O) groups is 1. The average Bonchev–Trinajstić information content (AvgIpc) is 2.72. The molecule has 0 aliphatic heterocycles. The Morgan fingerprint density at radius 3 is 2.42 bits per heavy atom. The van der Waals surface area contributed by atoms with E-state index >= 15 is 0 Å². The van der Waals surface area contributed by atoms with Crippen molar-refractivity contribution in [1.29, 1.82) is 0 Å². The summed E-state index contributed by atoms with van der Waals surface area (Å²) in [4.78, 5) is 12.3. The molecule has 19 heavy (non-hydrogen) atoms. The van der Waals surface area contributed by atoms with Crippen molar-refractivity contribution in [2.45, 2.75) is 6.42 Å². The highest BCUT2D eigenvalue weighted by Gasteiger charge is 2.26. The van der Waals surface area contributed by atoms with Gasteiger partial charge in [-0.25, -0.2) is 0 Å². The molecular formula is C16H10Cl2O. The molecule has 0 radical (unpaired) electrons. The van der Waals surface area contributed by atoms with E-state index in [2.05, 4.69) is 0 Å². The van der Waals surface area contributed by atoms with Crippen LogP contribution in [-0.2, 0) is 6.42 Å². The molecule has 0 fully saturated rings. The summed E-state index contributed by atoms with van der Waals surface area (Å²) in [6, 6.07) is 12.9. The lowest BCUT2D eigenvalue weighted by Gasteiger charge is -1.97. The van der Waals surface area contributed by atoms with Gasteiger partial charge in [-0.1, -0.05) is 47.5 Å². The minimum absolute atomic E-state index is 0.0625. The molecule has 0 spiro atoms. The Morgan fingerprint density at radius 1 is 1.00 bits per heavy atom. The van der Waals surface area contributed by atoms with Gasteiger partial charge in [0.1, 0.15) is 0 Å². The monoisotopic (exact) mass is 288 g/mol. The molecule has 2 aromatic rings. The van der Waals surface area contributed by atoms with Gasteiger partial charge >= 0.3 is 0 Å². The standard InChI is InChI=1S/C16H10Cl2O/c17-12-6-4-10(5-7-12)8-11-9-14-13(16(11)19)2-1-3-15(14)18/h1-8H,9H2. The molecule has 94 valence electrons. The maximum Gasteiger partial charge on any atom is 0.189 e. The van der Waals surface area contributed by atoms with E-state index in [1.54, 1.807) is 0 Å². The Bertz CT molecular complexity index is 684. The highest BCUT2D eigenvalue weighted by Crippen LogP contribution is 2.32. The fourth-order valence-corrected chi connectivity index (χ4v) is 2.64. The lowest BCUT2D eigenvalue weighted by Crippen LogP contribution is -1.94. The van der Waals surface area contributed by atoms with Crippen molar-refractivity contribution in [2.24, 2.45) is 0 Å². The largest absolute Gasteiger partial charge is 0.289 e. The number of allylic oxidation sites excluding steroid dienone is 1. The van der Waals surface area contributed by atoms with E-state index in [-0.39, 0.29) is 5.78 Å². The van der Waals surface area contributed by atoms with E-state index in [4.69, 9.17) is 23.2 Å². The summed E-state index contributed by atoms with van der Waals surface area (Å²) in [5, 5.41) is 1.34. The number of benzene rings is 2. The Kier molecular flexibility index (Phi) is 3.17. The molecule has 0 heterocycles. The van der Waals surface area contributed by atoms with Crippen LogP contribution < -0.4 is 0 Å². The highest BCUT2D eigenvalue weighted by molar-refractivity contribution is 6.33. The van der Waals surface area contributed by atoms with Gasteiger partial charge in [0, 0.05) is 27.6 Å². The lowest BCUT2D eigenvalue weighted by molar-refractivity contribution is 0.104. The molecular weight excluding hydrogens is 279 g/mol. The van der Waals surface area contributed by atoms with Crippen LogP contribution in [0.3, 0.4) is 0 Å². The summed E-state index contributed by atoms with van der Waals surface area (Å²) in [7, 11) is 0. The molecule has 3 heteroatoms. The SMILES string of the molecule is O=C1C(=Cc2ccc(Cl)cc2)Cc2c(Cl)cccc21. The number of Topliss-reactive ketones (excluding diaryl/α,β-unsaturated/α-hetero) is 1. The first kappa shape index (κ1) is 12.5. The molecule has 3 rings (SSSR count). The van der Waals surface area contributed by atoms with E-state index in [1.807, 2.05) is 48.5 Å². The predicted molar refractivity (Wildman–Crippen MR) is 78.9 cm³/mol. The smallest absolute Gasteiger partial charge is 0.189 e. The molecule has 1 aliphatic rings. The molecule has 0 N–H and O–H groups in total.